The predicted octanol–water partition coefficient (Wildman–Crippen LogP) is 2.54. The summed E-state index contributed by atoms with van der Waals surface area (Å²) in [5.74, 6) is 0.698. The quantitative estimate of drug-likeness (QED) is 0.899. The molecular formula is C17H20N4O3. The van der Waals surface area contributed by atoms with Crippen LogP contribution in [0.3, 0.4) is 0 Å². The number of benzene rings is 1. The summed E-state index contributed by atoms with van der Waals surface area (Å²) < 4.78 is 5.09. The van der Waals surface area contributed by atoms with Crippen molar-refractivity contribution in [1.82, 2.24) is 15.5 Å². The fourth-order valence-electron chi connectivity index (χ4n) is 3.07. The highest BCUT2D eigenvalue weighted by atomic mass is 16.5. The number of nitrogens with one attached hydrogen (secondary N) is 2. The van der Waals surface area contributed by atoms with Crippen molar-refractivity contribution in [3.8, 4) is 0 Å². The van der Waals surface area contributed by atoms with Crippen LogP contribution in [0.25, 0.3) is 0 Å². The lowest BCUT2D eigenvalue weighted by atomic mass is 9.96. The van der Waals surface area contributed by atoms with Gasteiger partial charge in [-0.05, 0) is 37.1 Å². The Morgan fingerprint density at radius 1 is 1.17 bits per heavy atom. The molecule has 7 nitrogen and oxygen atoms in total. The minimum absolute atomic E-state index is 0.149. The molecule has 0 atom stereocenters. The van der Waals surface area contributed by atoms with Crippen LogP contribution in [0.15, 0.2) is 28.8 Å². The first-order chi connectivity index (χ1) is 11.5. The van der Waals surface area contributed by atoms with Gasteiger partial charge in [0.05, 0.1) is 0 Å². The largest absolute Gasteiger partial charge is 0.340 e. The molecule has 1 heterocycles. The SMILES string of the molecule is CC(=O)Nc1ccc(C(=O)NC2(c3noc(C)n3)CCCC2)cc1. The van der Waals surface area contributed by atoms with E-state index in [4.69, 9.17) is 4.52 Å². The normalized spacial score (nSPS) is 15.9. The molecule has 1 aliphatic rings. The van der Waals surface area contributed by atoms with Crippen LogP contribution < -0.4 is 10.6 Å². The van der Waals surface area contributed by atoms with Gasteiger partial charge in [0.2, 0.25) is 11.8 Å². The molecule has 3 rings (SSSR count). The van der Waals surface area contributed by atoms with E-state index in [2.05, 4.69) is 20.8 Å². The van der Waals surface area contributed by atoms with Gasteiger partial charge in [-0.25, -0.2) is 0 Å². The summed E-state index contributed by atoms with van der Waals surface area (Å²) >= 11 is 0. The number of nitrogens with zero attached hydrogens (tertiary/aromatic N) is 2. The predicted molar refractivity (Wildman–Crippen MR) is 87.4 cm³/mol. The minimum atomic E-state index is -0.564. The molecule has 1 aromatic heterocycles. The summed E-state index contributed by atoms with van der Waals surface area (Å²) in [5, 5.41) is 9.78. The smallest absolute Gasteiger partial charge is 0.252 e. The number of amides is 2. The Kier molecular flexibility index (Phi) is 4.33. The fourth-order valence-corrected chi connectivity index (χ4v) is 3.07. The highest BCUT2D eigenvalue weighted by Crippen LogP contribution is 2.37. The first-order valence-electron chi connectivity index (χ1n) is 7.99. The van der Waals surface area contributed by atoms with Gasteiger partial charge in [-0.1, -0.05) is 18.0 Å². The van der Waals surface area contributed by atoms with E-state index in [0.717, 1.165) is 25.7 Å². The zero-order chi connectivity index (χ0) is 17.2. The van der Waals surface area contributed by atoms with Gasteiger partial charge in [0.15, 0.2) is 5.82 Å². The molecular weight excluding hydrogens is 308 g/mol. The van der Waals surface area contributed by atoms with E-state index in [-0.39, 0.29) is 11.8 Å². The van der Waals surface area contributed by atoms with Crippen LogP contribution in [0.2, 0.25) is 0 Å². The van der Waals surface area contributed by atoms with Crippen molar-refractivity contribution in [3.63, 3.8) is 0 Å². The van der Waals surface area contributed by atoms with Crippen LogP contribution in [0.5, 0.6) is 0 Å². The number of hydrogen-bond acceptors (Lipinski definition) is 5. The second kappa shape index (κ2) is 6.43. The van der Waals surface area contributed by atoms with Crippen molar-refractivity contribution >= 4 is 17.5 Å². The first kappa shape index (κ1) is 16.2. The van der Waals surface area contributed by atoms with Crippen LogP contribution in [-0.4, -0.2) is 22.0 Å². The van der Waals surface area contributed by atoms with E-state index < -0.39 is 5.54 Å². The van der Waals surface area contributed by atoms with Crippen LogP contribution in [0.1, 0.15) is 54.7 Å². The minimum Gasteiger partial charge on any atom is -0.340 e. The third kappa shape index (κ3) is 3.29. The van der Waals surface area contributed by atoms with Gasteiger partial charge in [-0.15, -0.1) is 0 Å². The zero-order valence-corrected chi connectivity index (χ0v) is 13.8. The number of aromatic nitrogens is 2. The Bertz CT molecular complexity index is 745. The van der Waals surface area contributed by atoms with Crippen LogP contribution >= 0.6 is 0 Å². The number of carbonyl (C=O) groups excluding carboxylic acids is 2. The molecule has 0 bridgehead atoms. The van der Waals surface area contributed by atoms with E-state index in [1.165, 1.54) is 6.92 Å². The van der Waals surface area contributed by atoms with E-state index in [0.29, 0.717) is 23.0 Å². The summed E-state index contributed by atoms with van der Waals surface area (Å²) in [6.45, 7) is 3.18. The summed E-state index contributed by atoms with van der Waals surface area (Å²) in [6.07, 6.45) is 3.61. The van der Waals surface area contributed by atoms with Gasteiger partial charge in [0, 0.05) is 25.1 Å². The number of carbonyl (C=O) groups is 2. The van der Waals surface area contributed by atoms with Gasteiger partial charge in [-0.3, -0.25) is 9.59 Å². The molecule has 2 aromatic rings. The van der Waals surface area contributed by atoms with Crippen molar-refractivity contribution in [3.05, 3.63) is 41.5 Å². The summed E-state index contributed by atoms with van der Waals surface area (Å²) in [6, 6.07) is 6.78. The number of rotatable bonds is 4. The van der Waals surface area contributed by atoms with Gasteiger partial charge in [0.1, 0.15) is 5.54 Å². The van der Waals surface area contributed by atoms with Crippen LogP contribution in [0.4, 0.5) is 5.69 Å². The van der Waals surface area contributed by atoms with E-state index in [1.807, 2.05) is 0 Å². The summed E-state index contributed by atoms with van der Waals surface area (Å²) in [7, 11) is 0. The molecule has 24 heavy (non-hydrogen) atoms. The van der Waals surface area contributed by atoms with Crippen LogP contribution in [0, 0.1) is 6.92 Å². The van der Waals surface area contributed by atoms with E-state index >= 15 is 0 Å². The zero-order valence-electron chi connectivity index (χ0n) is 13.8. The molecule has 0 spiro atoms. The Labute approximate surface area is 139 Å². The topological polar surface area (TPSA) is 97.1 Å². The molecule has 0 saturated heterocycles. The molecule has 126 valence electrons. The maximum absolute atomic E-state index is 12.6. The lowest BCUT2D eigenvalue weighted by Gasteiger charge is -2.26. The molecule has 7 heteroatoms. The Morgan fingerprint density at radius 3 is 2.38 bits per heavy atom. The molecule has 1 aliphatic carbocycles. The molecule has 2 amide bonds. The fraction of sp³-hybridized carbons (Fsp3) is 0.412. The van der Waals surface area contributed by atoms with Crippen molar-refractivity contribution in [2.24, 2.45) is 0 Å². The van der Waals surface area contributed by atoms with Gasteiger partial charge in [-0.2, -0.15) is 4.98 Å². The number of aryl methyl sites for hydroxylation is 1. The van der Waals surface area contributed by atoms with Crippen molar-refractivity contribution in [2.45, 2.75) is 45.1 Å². The second-order valence-corrected chi connectivity index (χ2v) is 6.14. The average molecular weight is 328 g/mol. The maximum Gasteiger partial charge on any atom is 0.252 e. The third-order valence-electron chi connectivity index (χ3n) is 4.23. The summed E-state index contributed by atoms with van der Waals surface area (Å²) in [4.78, 5) is 28.0. The number of hydrogen-bond donors (Lipinski definition) is 2. The molecule has 0 unspecified atom stereocenters. The molecule has 1 aromatic carbocycles. The van der Waals surface area contributed by atoms with Crippen molar-refractivity contribution in [1.29, 1.82) is 0 Å². The third-order valence-corrected chi connectivity index (χ3v) is 4.23. The standard InChI is InChI=1S/C17H20N4O3/c1-11(22)18-14-7-5-13(6-8-14)15(23)20-17(9-3-4-10-17)16-19-12(2)24-21-16/h5-8H,3-4,9-10H2,1-2H3,(H,18,22)(H,20,23). The molecule has 1 saturated carbocycles. The van der Waals surface area contributed by atoms with Gasteiger partial charge in [0.25, 0.3) is 5.91 Å². The lowest BCUT2D eigenvalue weighted by Crippen LogP contribution is -2.44. The van der Waals surface area contributed by atoms with Gasteiger partial charge < -0.3 is 15.2 Å². The van der Waals surface area contributed by atoms with Crippen LogP contribution in [-0.2, 0) is 10.3 Å². The van der Waals surface area contributed by atoms with E-state index in [1.54, 1.807) is 31.2 Å². The number of anilines is 1. The Hall–Kier alpha value is -2.70. The van der Waals surface area contributed by atoms with E-state index in [9.17, 15) is 9.59 Å². The molecule has 1 fully saturated rings. The summed E-state index contributed by atoms with van der Waals surface area (Å²) in [5.41, 5.74) is 0.615. The Balaban J connectivity index is 1.78. The molecule has 0 radical (unpaired) electrons. The first-order valence-corrected chi connectivity index (χ1v) is 7.99. The average Bonchev–Trinajstić information content (AvgIpc) is 3.17. The monoisotopic (exact) mass is 328 g/mol. The van der Waals surface area contributed by atoms with Gasteiger partial charge >= 0.3 is 0 Å². The Morgan fingerprint density at radius 2 is 1.83 bits per heavy atom. The van der Waals surface area contributed by atoms with Crippen molar-refractivity contribution < 1.29 is 14.1 Å². The second-order valence-electron chi connectivity index (χ2n) is 6.14. The maximum atomic E-state index is 12.6. The molecule has 2 N–H and O–H groups in total. The van der Waals surface area contributed by atoms with Crippen molar-refractivity contribution in [2.75, 3.05) is 5.32 Å². The lowest BCUT2D eigenvalue weighted by molar-refractivity contribution is -0.114. The highest BCUT2D eigenvalue weighted by molar-refractivity contribution is 5.96. The highest BCUT2D eigenvalue weighted by Gasteiger charge is 2.41. The molecule has 0 aliphatic heterocycles.